The third-order valence-corrected chi connectivity index (χ3v) is 3.82. The van der Waals surface area contributed by atoms with Crippen LogP contribution in [0.2, 0.25) is 0 Å². The molecule has 0 radical (unpaired) electrons. The lowest BCUT2D eigenvalue weighted by molar-refractivity contribution is -0.385. The number of benzene rings is 1. The quantitative estimate of drug-likeness (QED) is 0.477. The van der Waals surface area contributed by atoms with Crippen molar-refractivity contribution >= 4 is 5.69 Å². The topological polar surface area (TPSA) is 78.6 Å². The van der Waals surface area contributed by atoms with Crippen LogP contribution in [0.5, 0.6) is 5.75 Å². The van der Waals surface area contributed by atoms with E-state index in [0.29, 0.717) is 5.56 Å². The van der Waals surface area contributed by atoms with Gasteiger partial charge in [0, 0.05) is 49.9 Å². The van der Waals surface area contributed by atoms with Gasteiger partial charge in [0.2, 0.25) is 0 Å². The number of nitro groups is 1. The zero-order chi connectivity index (χ0) is 15.2. The van der Waals surface area contributed by atoms with Crippen LogP contribution in [0, 0.1) is 10.1 Å². The zero-order valence-corrected chi connectivity index (χ0v) is 12.0. The van der Waals surface area contributed by atoms with Gasteiger partial charge in [0.05, 0.1) is 4.92 Å². The fourth-order valence-corrected chi connectivity index (χ4v) is 2.73. The molecule has 2 rings (SSSR count). The van der Waals surface area contributed by atoms with Crippen molar-refractivity contribution in [1.82, 2.24) is 10.2 Å². The van der Waals surface area contributed by atoms with Crippen LogP contribution in [-0.4, -0.2) is 41.1 Å². The van der Waals surface area contributed by atoms with Gasteiger partial charge >= 0.3 is 0 Å². The van der Waals surface area contributed by atoms with Crippen molar-refractivity contribution in [2.24, 2.45) is 0 Å². The largest absolute Gasteiger partial charge is 0.508 e. The van der Waals surface area contributed by atoms with Crippen molar-refractivity contribution < 1.29 is 10.0 Å². The standard InChI is InChI=1S/C15H21N3O3/c1-2-3-4-14(17-9-7-16-8-10-17)13-11-12(18(20)21)5-6-15(13)19/h2,5-6,11,14,16,19H,1,3-4,7-10H2/t14-/m1/s1. The number of nitrogens with zero attached hydrogens (tertiary/aromatic N) is 2. The smallest absolute Gasteiger partial charge is 0.270 e. The van der Waals surface area contributed by atoms with E-state index in [2.05, 4.69) is 16.8 Å². The summed E-state index contributed by atoms with van der Waals surface area (Å²) in [4.78, 5) is 12.8. The highest BCUT2D eigenvalue weighted by Crippen LogP contribution is 2.35. The minimum Gasteiger partial charge on any atom is -0.508 e. The van der Waals surface area contributed by atoms with Gasteiger partial charge in [-0.3, -0.25) is 15.0 Å². The highest BCUT2D eigenvalue weighted by atomic mass is 16.6. The number of aromatic hydroxyl groups is 1. The summed E-state index contributed by atoms with van der Waals surface area (Å²) in [5.41, 5.74) is 0.648. The molecule has 0 unspecified atom stereocenters. The van der Waals surface area contributed by atoms with Crippen LogP contribution in [0.4, 0.5) is 5.69 Å². The molecule has 0 aromatic heterocycles. The average molecular weight is 291 g/mol. The first-order valence-electron chi connectivity index (χ1n) is 7.16. The number of phenolic OH excluding ortho intramolecular Hbond substituents is 1. The lowest BCUT2D eigenvalue weighted by Gasteiger charge is -2.35. The van der Waals surface area contributed by atoms with Crippen molar-refractivity contribution in [2.45, 2.75) is 18.9 Å². The Labute approximate surface area is 124 Å². The molecule has 0 spiro atoms. The lowest BCUT2D eigenvalue weighted by Crippen LogP contribution is -2.45. The highest BCUT2D eigenvalue weighted by molar-refractivity contribution is 5.44. The monoisotopic (exact) mass is 291 g/mol. The van der Waals surface area contributed by atoms with Crippen LogP contribution >= 0.6 is 0 Å². The molecule has 2 N–H and O–H groups in total. The van der Waals surface area contributed by atoms with E-state index >= 15 is 0 Å². The molecule has 0 aliphatic carbocycles. The first-order chi connectivity index (χ1) is 10.1. The molecule has 1 aliphatic rings. The van der Waals surface area contributed by atoms with Gasteiger partial charge in [-0.05, 0) is 18.9 Å². The number of non-ortho nitro benzene ring substituents is 1. The van der Waals surface area contributed by atoms with Gasteiger partial charge in [0.15, 0.2) is 0 Å². The maximum Gasteiger partial charge on any atom is 0.270 e. The molecule has 1 saturated heterocycles. The van der Waals surface area contributed by atoms with Gasteiger partial charge < -0.3 is 10.4 Å². The summed E-state index contributed by atoms with van der Waals surface area (Å²) in [6.07, 6.45) is 3.43. The van der Waals surface area contributed by atoms with E-state index in [1.807, 2.05) is 6.08 Å². The number of phenols is 1. The van der Waals surface area contributed by atoms with E-state index in [1.54, 1.807) is 0 Å². The molecule has 1 aliphatic heterocycles. The van der Waals surface area contributed by atoms with Crippen molar-refractivity contribution in [1.29, 1.82) is 0 Å². The van der Waals surface area contributed by atoms with Crippen molar-refractivity contribution in [2.75, 3.05) is 26.2 Å². The fraction of sp³-hybridized carbons (Fsp3) is 0.467. The van der Waals surface area contributed by atoms with Gasteiger partial charge in [-0.25, -0.2) is 0 Å². The summed E-state index contributed by atoms with van der Waals surface area (Å²) in [5, 5.41) is 24.4. The van der Waals surface area contributed by atoms with Gasteiger partial charge in [-0.15, -0.1) is 6.58 Å². The Morgan fingerprint density at radius 1 is 1.48 bits per heavy atom. The maximum atomic E-state index is 11.0. The molecular weight excluding hydrogens is 270 g/mol. The third kappa shape index (κ3) is 3.80. The van der Waals surface area contributed by atoms with Gasteiger partial charge in [-0.2, -0.15) is 0 Å². The number of hydrogen-bond acceptors (Lipinski definition) is 5. The molecular formula is C15H21N3O3. The molecule has 114 valence electrons. The predicted molar refractivity (Wildman–Crippen MR) is 81.4 cm³/mol. The number of hydrogen-bond donors (Lipinski definition) is 2. The molecule has 21 heavy (non-hydrogen) atoms. The van der Waals surface area contributed by atoms with Gasteiger partial charge in [-0.1, -0.05) is 6.08 Å². The first-order valence-corrected chi connectivity index (χ1v) is 7.16. The number of nitro benzene ring substituents is 1. The Balaban J connectivity index is 2.32. The normalized spacial score (nSPS) is 17.3. The summed E-state index contributed by atoms with van der Waals surface area (Å²) < 4.78 is 0. The SMILES string of the molecule is C=CCC[C@H](c1cc([N+](=O)[O-])ccc1O)N1CCNCC1. The molecule has 1 aromatic carbocycles. The van der Waals surface area contributed by atoms with E-state index in [4.69, 9.17) is 0 Å². The fourth-order valence-electron chi connectivity index (χ4n) is 2.73. The lowest BCUT2D eigenvalue weighted by atomic mass is 9.98. The molecule has 1 atom stereocenters. The van der Waals surface area contributed by atoms with Gasteiger partial charge in [0.25, 0.3) is 5.69 Å². The molecule has 1 fully saturated rings. The van der Waals surface area contributed by atoms with Crippen LogP contribution < -0.4 is 5.32 Å². The zero-order valence-electron chi connectivity index (χ0n) is 12.0. The second-order valence-corrected chi connectivity index (χ2v) is 5.17. The van der Waals surface area contributed by atoms with E-state index in [1.165, 1.54) is 18.2 Å². The van der Waals surface area contributed by atoms with Gasteiger partial charge in [0.1, 0.15) is 5.75 Å². The van der Waals surface area contributed by atoms with Crippen molar-refractivity contribution in [3.8, 4) is 5.75 Å². The van der Waals surface area contributed by atoms with E-state index in [0.717, 1.165) is 39.0 Å². The number of nitrogens with one attached hydrogen (secondary N) is 1. The summed E-state index contributed by atoms with van der Waals surface area (Å²) in [6.45, 7) is 7.25. The Morgan fingerprint density at radius 3 is 2.81 bits per heavy atom. The van der Waals surface area contributed by atoms with Crippen molar-refractivity contribution in [3.05, 3.63) is 46.5 Å². The second kappa shape index (κ2) is 7.19. The summed E-state index contributed by atoms with van der Waals surface area (Å²) in [7, 11) is 0. The van der Waals surface area contributed by atoms with Crippen LogP contribution in [0.3, 0.4) is 0 Å². The number of rotatable bonds is 6. The maximum absolute atomic E-state index is 11.0. The summed E-state index contributed by atoms with van der Waals surface area (Å²) in [5.74, 6) is 0.119. The molecule has 1 aromatic rings. The Bertz CT molecular complexity index is 513. The summed E-state index contributed by atoms with van der Waals surface area (Å²) in [6, 6.07) is 4.22. The predicted octanol–water partition coefficient (Wildman–Crippen LogP) is 2.21. The van der Waals surface area contributed by atoms with Crippen LogP contribution in [-0.2, 0) is 0 Å². The second-order valence-electron chi connectivity index (χ2n) is 5.17. The van der Waals surface area contributed by atoms with Crippen molar-refractivity contribution in [3.63, 3.8) is 0 Å². The van der Waals surface area contributed by atoms with E-state index in [-0.39, 0.29) is 17.5 Å². The highest BCUT2D eigenvalue weighted by Gasteiger charge is 2.25. The van der Waals surface area contributed by atoms with Crippen LogP contribution in [0.15, 0.2) is 30.9 Å². The molecule has 0 amide bonds. The number of allylic oxidation sites excluding steroid dienone is 1. The average Bonchev–Trinajstić information content (AvgIpc) is 2.50. The Morgan fingerprint density at radius 2 is 2.19 bits per heavy atom. The third-order valence-electron chi connectivity index (χ3n) is 3.82. The molecule has 6 nitrogen and oxygen atoms in total. The van der Waals surface area contributed by atoms with E-state index in [9.17, 15) is 15.2 Å². The van der Waals surface area contributed by atoms with Crippen LogP contribution in [0.25, 0.3) is 0 Å². The first kappa shape index (κ1) is 15.5. The molecule has 0 saturated carbocycles. The van der Waals surface area contributed by atoms with Crippen LogP contribution in [0.1, 0.15) is 24.4 Å². The Hall–Kier alpha value is -1.92. The molecule has 1 heterocycles. The summed E-state index contributed by atoms with van der Waals surface area (Å²) >= 11 is 0. The molecule has 6 heteroatoms. The van der Waals surface area contributed by atoms with E-state index < -0.39 is 4.92 Å². The Kier molecular flexibility index (Phi) is 5.30. The number of piperazine rings is 1. The minimum absolute atomic E-state index is 0.0153. The minimum atomic E-state index is -0.425. The molecule has 0 bridgehead atoms.